The van der Waals surface area contributed by atoms with E-state index in [1.165, 1.54) is 12.1 Å². The largest absolute Gasteiger partial charge is 0.508 e. The van der Waals surface area contributed by atoms with E-state index in [0.29, 0.717) is 23.8 Å². The summed E-state index contributed by atoms with van der Waals surface area (Å²) in [7, 11) is 0. The van der Waals surface area contributed by atoms with Crippen LogP contribution in [0.2, 0.25) is 0 Å². The highest BCUT2D eigenvalue weighted by Crippen LogP contribution is 2.40. The first kappa shape index (κ1) is 16.7. The molecule has 2 N–H and O–H groups in total. The molecule has 1 unspecified atom stereocenters. The molecule has 1 aliphatic carbocycles. The Morgan fingerprint density at radius 3 is 2.57 bits per heavy atom. The summed E-state index contributed by atoms with van der Waals surface area (Å²) in [5.41, 5.74) is 3.08. The number of nitrogens with zero attached hydrogens (tertiary/aromatic N) is 3. The molecule has 3 aromatic rings. The first-order valence-corrected chi connectivity index (χ1v) is 9.15. The van der Waals surface area contributed by atoms with Crippen molar-refractivity contribution in [3.8, 4) is 17.1 Å². The van der Waals surface area contributed by atoms with E-state index >= 15 is 0 Å². The number of hydrogen-bond acceptors (Lipinski definition) is 5. The number of Topliss-reactive ketones (excluding diaryl/α,β-unsaturated/α-hetero) is 1. The van der Waals surface area contributed by atoms with Gasteiger partial charge < -0.3 is 10.4 Å². The Bertz CT molecular complexity index is 1100. The van der Waals surface area contributed by atoms with Gasteiger partial charge >= 0.3 is 0 Å². The first-order chi connectivity index (χ1) is 13.6. The molecule has 0 saturated carbocycles. The van der Waals surface area contributed by atoms with Crippen LogP contribution in [0.4, 0.5) is 10.3 Å². The van der Waals surface area contributed by atoms with Crippen LogP contribution in [0.5, 0.6) is 5.75 Å². The van der Waals surface area contributed by atoms with Gasteiger partial charge in [0.1, 0.15) is 17.6 Å². The lowest BCUT2D eigenvalue weighted by Gasteiger charge is -2.32. The summed E-state index contributed by atoms with van der Waals surface area (Å²) >= 11 is 0. The van der Waals surface area contributed by atoms with E-state index in [1.54, 1.807) is 41.1 Å². The molecule has 0 radical (unpaired) electrons. The number of anilines is 1. The van der Waals surface area contributed by atoms with Crippen LogP contribution in [0.1, 0.15) is 30.9 Å². The topological polar surface area (TPSA) is 80.0 Å². The molecule has 6 nitrogen and oxygen atoms in total. The molecule has 140 valence electrons. The zero-order valence-electron chi connectivity index (χ0n) is 14.9. The zero-order chi connectivity index (χ0) is 19.3. The molecular weight excluding hydrogens is 359 g/mol. The molecule has 0 bridgehead atoms. The number of carbonyl (C=O) groups is 1. The molecule has 2 aliphatic rings. The molecular formula is C21H17FN4O2. The van der Waals surface area contributed by atoms with Crippen LogP contribution in [0.15, 0.2) is 59.8 Å². The van der Waals surface area contributed by atoms with Crippen molar-refractivity contribution < 1.29 is 14.3 Å². The van der Waals surface area contributed by atoms with Gasteiger partial charge in [0.15, 0.2) is 11.6 Å². The van der Waals surface area contributed by atoms with Gasteiger partial charge in [-0.25, -0.2) is 9.07 Å². The maximum Gasteiger partial charge on any atom is 0.226 e. The minimum atomic E-state index is -0.446. The number of phenols is 1. The fraction of sp³-hybridized carbons (Fsp3) is 0.190. The minimum absolute atomic E-state index is 0.0791. The summed E-state index contributed by atoms with van der Waals surface area (Å²) in [5, 5.41) is 17.4. The van der Waals surface area contributed by atoms with Crippen LogP contribution in [0, 0.1) is 5.82 Å². The number of ketones is 1. The third-order valence-corrected chi connectivity index (χ3v) is 5.18. The molecule has 0 saturated heterocycles. The maximum absolute atomic E-state index is 13.5. The van der Waals surface area contributed by atoms with E-state index in [0.717, 1.165) is 29.7 Å². The summed E-state index contributed by atoms with van der Waals surface area (Å²) in [6.45, 7) is 0. The fourth-order valence-electron chi connectivity index (χ4n) is 3.84. The average molecular weight is 376 g/mol. The Hall–Kier alpha value is -3.48. The van der Waals surface area contributed by atoms with Crippen molar-refractivity contribution in [1.29, 1.82) is 0 Å². The number of nitrogens with one attached hydrogen (secondary N) is 1. The number of halogens is 1. The first-order valence-electron chi connectivity index (χ1n) is 9.15. The van der Waals surface area contributed by atoms with Crippen LogP contribution in [-0.2, 0) is 4.79 Å². The second-order valence-electron chi connectivity index (χ2n) is 7.00. The molecule has 2 aromatic carbocycles. The number of rotatable bonds is 2. The lowest BCUT2D eigenvalue weighted by molar-refractivity contribution is -0.116. The van der Waals surface area contributed by atoms with Crippen molar-refractivity contribution in [2.75, 3.05) is 5.32 Å². The van der Waals surface area contributed by atoms with Crippen molar-refractivity contribution >= 4 is 11.7 Å². The van der Waals surface area contributed by atoms with Gasteiger partial charge in [-0.2, -0.15) is 4.98 Å². The molecule has 1 atom stereocenters. The Morgan fingerprint density at radius 1 is 1.07 bits per heavy atom. The zero-order valence-corrected chi connectivity index (χ0v) is 14.9. The predicted molar refractivity (Wildman–Crippen MR) is 101 cm³/mol. The van der Waals surface area contributed by atoms with E-state index in [-0.39, 0.29) is 17.3 Å². The Balaban J connectivity index is 1.66. The normalized spacial score (nSPS) is 18.5. The number of aromatic hydroxyl groups is 1. The highest BCUT2D eigenvalue weighted by Gasteiger charge is 2.36. The molecule has 28 heavy (non-hydrogen) atoms. The number of benzene rings is 2. The summed E-state index contributed by atoms with van der Waals surface area (Å²) in [4.78, 5) is 17.3. The number of hydrogen-bond donors (Lipinski definition) is 2. The number of aromatic nitrogens is 3. The van der Waals surface area contributed by atoms with E-state index < -0.39 is 6.04 Å². The van der Waals surface area contributed by atoms with Crippen molar-refractivity contribution in [3.05, 3.63) is 71.2 Å². The van der Waals surface area contributed by atoms with Gasteiger partial charge in [0, 0.05) is 23.3 Å². The molecule has 2 heterocycles. The van der Waals surface area contributed by atoms with Gasteiger partial charge in [0.2, 0.25) is 5.95 Å². The second-order valence-corrected chi connectivity index (χ2v) is 7.00. The second kappa shape index (κ2) is 6.30. The van der Waals surface area contributed by atoms with Crippen molar-refractivity contribution in [1.82, 2.24) is 14.8 Å². The Labute approximate surface area is 160 Å². The number of fused-ring (bicyclic) bond motifs is 1. The lowest BCUT2D eigenvalue weighted by Crippen LogP contribution is -2.31. The van der Waals surface area contributed by atoms with Gasteiger partial charge in [0.25, 0.3) is 0 Å². The lowest BCUT2D eigenvalue weighted by atomic mass is 9.85. The molecule has 7 heteroatoms. The van der Waals surface area contributed by atoms with E-state index in [4.69, 9.17) is 0 Å². The number of allylic oxidation sites excluding steroid dienone is 2. The van der Waals surface area contributed by atoms with Crippen LogP contribution < -0.4 is 5.32 Å². The van der Waals surface area contributed by atoms with Crippen molar-refractivity contribution in [2.45, 2.75) is 25.3 Å². The summed E-state index contributed by atoms with van der Waals surface area (Å²) in [6.07, 6.45) is 2.05. The monoisotopic (exact) mass is 376 g/mol. The molecule has 0 spiro atoms. The van der Waals surface area contributed by atoms with E-state index in [1.807, 2.05) is 0 Å². The molecule has 1 aliphatic heterocycles. The van der Waals surface area contributed by atoms with E-state index in [2.05, 4.69) is 15.4 Å². The van der Waals surface area contributed by atoms with Gasteiger partial charge in [-0.05, 0) is 54.8 Å². The summed E-state index contributed by atoms with van der Waals surface area (Å²) in [6, 6.07) is 12.3. The van der Waals surface area contributed by atoms with Gasteiger partial charge in [-0.1, -0.05) is 12.1 Å². The number of carbonyl (C=O) groups excluding carboxylic acids is 1. The fourth-order valence-corrected chi connectivity index (χ4v) is 3.84. The summed E-state index contributed by atoms with van der Waals surface area (Å²) in [5.74, 6) is 0.950. The third kappa shape index (κ3) is 2.67. The number of phenolic OH excluding ortho intramolecular Hbond substituents is 1. The van der Waals surface area contributed by atoms with Crippen molar-refractivity contribution in [3.63, 3.8) is 0 Å². The molecule has 5 rings (SSSR count). The Kier molecular flexibility index (Phi) is 3.75. The van der Waals surface area contributed by atoms with Crippen LogP contribution >= 0.6 is 0 Å². The average Bonchev–Trinajstić information content (AvgIpc) is 3.11. The van der Waals surface area contributed by atoms with E-state index in [9.17, 15) is 14.3 Å². The third-order valence-electron chi connectivity index (χ3n) is 5.18. The standard InChI is InChI=1S/C21H17FN4O2/c22-14-8-4-12(5-9-14)19-18-16(2-1-3-17(18)28)23-21-24-20(25-26(19)21)13-6-10-15(27)11-7-13/h4-11,19,27H,1-3H2,(H,23,24,25). The minimum Gasteiger partial charge on any atom is -0.508 e. The van der Waals surface area contributed by atoms with Crippen LogP contribution in [0.3, 0.4) is 0 Å². The quantitative estimate of drug-likeness (QED) is 0.711. The van der Waals surface area contributed by atoms with Crippen LogP contribution in [0.25, 0.3) is 11.4 Å². The summed E-state index contributed by atoms with van der Waals surface area (Å²) < 4.78 is 15.2. The highest BCUT2D eigenvalue weighted by molar-refractivity contribution is 5.99. The van der Waals surface area contributed by atoms with Gasteiger partial charge in [-0.3, -0.25) is 4.79 Å². The SMILES string of the molecule is O=C1CCCC2=C1C(c1ccc(F)cc1)n1nc(-c3ccc(O)cc3)nc1N2. The molecule has 0 fully saturated rings. The highest BCUT2D eigenvalue weighted by atomic mass is 19.1. The van der Waals surface area contributed by atoms with Gasteiger partial charge in [0.05, 0.1) is 0 Å². The Morgan fingerprint density at radius 2 is 1.82 bits per heavy atom. The predicted octanol–water partition coefficient (Wildman–Crippen LogP) is 3.81. The van der Waals surface area contributed by atoms with Crippen molar-refractivity contribution in [2.24, 2.45) is 0 Å². The van der Waals surface area contributed by atoms with Gasteiger partial charge in [-0.15, -0.1) is 5.10 Å². The molecule has 1 aromatic heterocycles. The molecule has 0 amide bonds. The maximum atomic E-state index is 13.5. The van der Waals surface area contributed by atoms with Crippen LogP contribution in [-0.4, -0.2) is 25.7 Å². The smallest absolute Gasteiger partial charge is 0.226 e.